The van der Waals surface area contributed by atoms with Gasteiger partial charge in [0.1, 0.15) is 0 Å². The summed E-state index contributed by atoms with van der Waals surface area (Å²) in [5, 5.41) is 0. The van der Waals surface area contributed by atoms with Crippen molar-refractivity contribution >= 4 is 0 Å². The van der Waals surface area contributed by atoms with Gasteiger partial charge in [-0.15, -0.1) is 0 Å². The third-order valence-corrected chi connectivity index (χ3v) is 3.14. The number of hydrogen-bond acceptors (Lipinski definition) is 2. The first kappa shape index (κ1) is 6.21. The van der Waals surface area contributed by atoms with Crippen molar-refractivity contribution in [1.29, 1.82) is 0 Å². The van der Waals surface area contributed by atoms with Gasteiger partial charge in [-0.1, -0.05) is 12.2 Å². The van der Waals surface area contributed by atoms with Crippen LogP contribution < -0.4 is 0 Å². The van der Waals surface area contributed by atoms with Crippen LogP contribution in [0.1, 0.15) is 12.8 Å². The molecule has 1 spiro atoms. The molecule has 0 aromatic carbocycles. The Bertz CT molecular complexity index is 188. The van der Waals surface area contributed by atoms with E-state index in [1.165, 1.54) is 12.8 Å². The lowest BCUT2D eigenvalue weighted by Crippen LogP contribution is -2.36. The molecule has 0 radical (unpaired) electrons. The van der Waals surface area contributed by atoms with Crippen LogP contribution in [0.2, 0.25) is 0 Å². The van der Waals surface area contributed by atoms with Crippen molar-refractivity contribution in [1.82, 2.24) is 0 Å². The molecule has 1 saturated carbocycles. The summed E-state index contributed by atoms with van der Waals surface area (Å²) in [6.07, 6.45) is 7.03. The average Bonchev–Trinajstić information content (AvgIpc) is 2.72. The number of rotatable bonds is 0. The summed E-state index contributed by atoms with van der Waals surface area (Å²) in [7, 11) is 0. The highest BCUT2D eigenvalue weighted by atomic mass is 16.7. The van der Waals surface area contributed by atoms with Crippen molar-refractivity contribution in [3.8, 4) is 0 Å². The highest BCUT2D eigenvalue weighted by molar-refractivity contribution is 5.17. The Morgan fingerprint density at radius 3 is 2.00 bits per heavy atom. The fourth-order valence-corrected chi connectivity index (χ4v) is 2.64. The summed E-state index contributed by atoms with van der Waals surface area (Å²) in [4.78, 5) is 0. The minimum atomic E-state index is -0.194. The molecule has 2 aliphatic carbocycles. The van der Waals surface area contributed by atoms with E-state index in [1.807, 2.05) is 0 Å². The Morgan fingerprint density at radius 1 is 1.00 bits per heavy atom. The smallest absolute Gasteiger partial charge is 0.180 e. The standard InChI is InChI=1S/C9H12O2/c1-2-8-4-3-7(1)9(8)10-5-6-11-9/h1-2,7-8H,3-6H2. The molecule has 60 valence electrons. The van der Waals surface area contributed by atoms with Crippen molar-refractivity contribution in [2.45, 2.75) is 18.6 Å². The van der Waals surface area contributed by atoms with Crippen LogP contribution in [-0.2, 0) is 9.47 Å². The van der Waals surface area contributed by atoms with E-state index in [4.69, 9.17) is 9.47 Å². The lowest BCUT2D eigenvalue weighted by Gasteiger charge is -2.27. The molecular weight excluding hydrogens is 140 g/mol. The zero-order chi connectivity index (χ0) is 7.31. The maximum atomic E-state index is 5.70. The molecule has 2 atom stereocenters. The van der Waals surface area contributed by atoms with Gasteiger partial charge >= 0.3 is 0 Å². The van der Waals surface area contributed by atoms with Crippen LogP contribution in [-0.4, -0.2) is 19.0 Å². The van der Waals surface area contributed by atoms with Gasteiger partial charge in [-0.2, -0.15) is 0 Å². The van der Waals surface area contributed by atoms with Gasteiger partial charge in [0.05, 0.1) is 13.2 Å². The van der Waals surface area contributed by atoms with E-state index < -0.39 is 0 Å². The Labute approximate surface area is 66.2 Å². The highest BCUT2D eigenvalue weighted by Crippen LogP contribution is 2.52. The summed E-state index contributed by atoms with van der Waals surface area (Å²) >= 11 is 0. The molecule has 0 aromatic heterocycles. The van der Waals surface area contributed by atoms with Crippen molar-refractivity contribution in [3.05, 3.63) is 12.2 Å². The van der Waals surface area contributed by atoms with Gasteiger partial charge in [0, 0.05) is 11.8 Å². The van der Waals surface area contributed by atoms with Gasteiger partial charge in [0.2, 0.25) is 0 Å². The lowest BCUT2D eigenvalue weighted by atomic mass is 10.1. The molecule has 2 fully saturated rings. The fraction of sp³-hybridized carbons (Fsp3) is 0.778. The second-order valence-corrected chi connectivity index (χ2v) is 3.59. The summed E-state index contributed by atoms with van der Waals surface area (Å²) in [5.41, 5.74) is 0. The van der Waals surface area contributed by atoms with E-state index in [2.05, 4.69) is 12.2 Å². The van der Waals surface area contributed by atoms with Crippen molar-refractivity contribution in [2.75, 3.05) is 13.2 Å². The van der Waals surface area contributed by atoms with Crippen LogP contribution >= 0.6 is 0 Å². The Hall–Kier alpha value is -0.340. The molecule has 2 nitrogen and oxygen atoms in total. The van der Waals surface area contributed by atoms with Crippen molar-refractivity contribution < 1.29 is 9.47 Å². The molecule has 1 aliphatic heterocycles. The van der Waals surface area contributed by atoms with Gasteiger partial charge < -0.3 is 9.47 Å². The van der Waals surface area contributed by atoms with Gasteiger partial charge in [-0.05, 0) is 12.8 Å². The van der Waals surface area contributed by atoms with E-state index in [1.54, 1.807) is 0 Å². The average molecular weight is 152 g/mol. The third-order valence-electron chi connectivity index (χ3n) is 3.14. The normalized spacial score (nSPS) is 44.4. The van der Waals surface area contributed by atoms with E-state index in [-0.39, 0.29) is 5.79 Å². The second-order valence-electron chi connectivity index (χ2n) is 3.59. The first-order valence-electron chi connectivity index (χ1n) is 4.38. The zero-order valence-electron chi connectivity index (χ0n) is 6.45. The predicted octanol–water partition coefficient (Wildman–Crippen LogP) is 1.33. The molecule has 1 heterocycles. The first-order chi connectivity index (χ1) is 5.42. The zero-order valence-corrected chi connectivity index (χ0v) is 6.45. The van der Waals surface area contributed by atoms with E-state index in [0.717, 1.165) is 13.2 Å². The quantitative estimate of drug-likeness (QED) is 0.487. The molecule has 2 heteroatoms. The Morgan fingerprint density at radius 2 is 1.55 bits per heavy atom. The molecule has 3 aliphatic rings. The van der Waals surface area contributed by atoms with Gasteiger partial charge in [-0.3, -0.25) is 0 Å². The molecular formula is C9H12O2. The molecule has 1 saturated heterocycles. The van der Waals surface area contributed by atoms with Gasteiger partial charge in [0.15, 0.2) is 5.79 Å². The summed E-state index contributed by atoms with van der Waals surface area (Å²) in [6.45, 7) is 1.57. The monoisotopic (exact) mass is 152 g/mol. The molecule has 0 amide bonds. The molecule has 0 aromatic rings. The number of hydrogen-bond donors (Lipinski definition) is 0. The van der Waals surface area contributed by atoms with Crippen molar-refractivity contribution in [3.63, 3.8) is 0 Å². The van der Waals surface area contributed by atoms with Crippen LogP contribution in [0.25, 0.3) is 0 Å². The predicted molar refractivity (Wildman–Crippen MR) is 40.0 cm³/mol. The first-order valence-corrected chi connectivity index (χ1v) is 4.38. The van der Waals surface area contributed by atoms with Crippen LogP contribution in [0.4, 0.5) is 0 Å². The van der Waals surface area contributed by atoms with Crippen molar-refractivity contribution in [2.24, 2.45) is 11.8 Å². The second kappa shape index (κ2) is 1.87. The molecule has 3 rings (SSSR count). The summed E-state index contributed by atoms with van der Waals surface area (Å²) in [5.74, 6) is 0.907. The van der Waals surface area contributed by atoms with Crippen LogP contribution in [0.3, 0.4) is 0 Å². The van der Waals surface area contributed by atoms with Gasteiger partial charge in [-0.25, -0.2) is 0 Å². The molecule has 11 heavy (non-hydrogen) atoms. The maximum absolute atomic E-state index is 5.70. The van der Waals surface area contributed by atoms with E-state index in [9.17, 15) is 0 Å². The maximum Gasteiger partial charge on any atom is 0.180 e. The fourth-order valence-electron chi connectivity index (χ4n) is 2.64. The van der Waals surface area contributed by atoms with Crippen LogP contribution in [0, 0.1) is 11.8 Å². The Balaban J connectivity index is 1.99. The number of ether oxygens (including phenoxy) is 2. The summed E-state index contributed by atoms with van der Waals surface area (Å²) < 4.78 is 11.4. The SMILES string of the molecule is C1=CC2CCC1C21OCCO1. The highest BCUT2D eigenvalue weighted by Gasteiger charge is 2.55. The minimum Gasteiger partial charge on any atom is -0.346 e. The van der Waals surface area contributed by atoms with E-state index in [0.29, 0.717) is 11.8 Å². The van der Waals surface area contributed by atoms with Crippen LogP contribution in [0.5, 0.6) is 0 Å². The molecule has 2 unspecified atom stereocenters. The Kier molecular flexibility index (Phi) is 1.06. The molecule has 0 N–H and O–H groups in total. The topological polar surface area (TPSA) is 18.5 Å². The minimum absolute atomic E-state index is 0.194. The largest absolute Gasteiger partial charge is 0.346 e. The van der Waals surface area contributed by atoms with E-state index >= 15 is 0 Å². The lowest BCUT2D eigenvalue weighted by molar-refractivity contribution is -0.183. The van der Waals surface area contributed by atoms with Gasteiger partial charge in [0.25, 0.3) is 0 Å². The molecule has 2 bridgehead atoms. The third kappa shape index (κ3) is 0.603. The summed E-state index contributed by atoms with van der Waals surface area (Å²) in [6, 6.07) is 0. The van der Waals surface area contributed by atoms with Crippen LogP contribution in [0.15, 0.2) is 12.2 Å².